The van der Waals surface area contributed by atoms with Crippen LogP contribution in [0, 0.1) is 0 Å². The minimum atomic E-state index is -3.82. The Hall–Kier alpha value is -3.50. The zero-order valence-electron chi connectivity index (χ0n) is 18.4. The van der Waals surface area contributed by atoms with Gasteiger partial charge in [-0.3, -0.25) is 4.79 Å². The van der Waals surface area contributed by atoms with E-state index in [0.717, 1.165) is 29.5 Å². The van der Waals surface area contributed by atoms with Crippen molar-refractivity contribution in [2.45, 2.75) is 30.2 Å². The molecule has 9 nitrogen and oxygen atoms in total. The second-order valence-electron chi connectivity index (χ2n) is 7.88. The number of benzene rings is 2. The third-order valence-electron chi connectivity index (χ3n) is 5.61. The fourth-order valence-electron chi connectivity index (χ4n) is 4.06. The molecule has 34 heavy (non-hydrogen) atoms. The number of carboxylic acids is 2. The molecule has 0 aromatic heterocycles. The van der Waals surface area contributed by atoms with Crippen molar-refractivity contribution >= 4 is 27.9 Å². The Morgan fingerprint density at radius 1 is 0.912 bits per heavy atom. The normalized spacial score (nSPS) is 17.8. The molecule has 1 saturated heterocycles. The van der Waals surface area contributed by atoms with Crippen LogP contribution in [0.4, 0.5) is 0 Å². The maximum absolute atomic E-state index is 13.1. The summed E-state index contributed by atoms with van der Waals surface area (Å²) in [7, 11) is -3.82. The van der Waals surface area contributed by atoms with Gasteiger partial charge in [-0.25, -0.2) is 22.3 Å². The quantitative estimate of drug-likeness (QED) is 0.571. The highest BCUT2D eigenvalue weighted by atomic mass is 32.2. The van der Waals surface area contributed by atoms with Crippen LogP contribution in [0.25, 0.3) is 0 Å². The van der Waals surface area contributed by atoms with E-state index >= 15 is 0 Å². The molecule has 2 N–H and O–H groups in total. The first kappa shape index (κ1) is 25.1. The van der Waals surface area contributed by atoms with Crippen LogP contribution >= 0.6 is 0 Å². The standard InChI is InChI=1S/C20H22N2O3S.C4H4O4/c23-20-17-10-4-5-11-19(17)26(24,25)22(20)18(16-8-2-1-3-9-16)12-15-21-13-6-7-14-21;5-3(6)1-2-4(7)8/h1-5,8-11,18H,6-7,12-15H2;1-2H,(H,5,6)(H,7,8). The van der Waals surface area contributed by atoms with Crippen molar-refractivity contribution in [1.29, 1.82) is 0 Å². The number of carboxylic acid groups (broad SMARTS) is 2. The van der Waals surface area contributed by atoms with Gasteiger partial charge in [0.1, 0.15) is 4.90 Å². The van der Waals surface area contributed by atoms with Crippen LogP contribution in [0.2, 0.25) is 0 Å². The van der Waals surface area contributed by atoms with Gasteiger partial charge in [0.2, 0.25) is 0 Å². The van der Waals surface area contributed by atoms with Gasteiger partial charge in [0.25, 0.3) is 15.9 Å². The molecule has 0 spiro atoms. The van der Waals surface area contributed by atoms with Gasteiger partial charge in [-0.05, 0) is 50.0 Å². The monoisotopic (exact) mass is 486 g/mol. The fraction of sp³-hybridized carbons (Fsp3) is 0.292. The minimum absolute atomic E-state index is 0.118. The van der Waals surface area contributed by atoms with Crippen LogP contribution in [-0.4, -0.2) is 65.3 Å². The van der Waals surface area contributed by atoms with Crippen LogP contribution in [0.3, 0.4) is 0 Å². The third kappa shape index (κ3) is 5.89. The Morgan fingerprint density at radius 2 is 1.47 bits per heavy atom. The van der Waals surface area contributed by atoms with Crippen LogP contribution in [0.1, 0.15) is 41.2 Å². The largest absolute Gasteiger partial charge is 0.478 e. The molecule has 0 aliphatic carbocycles. The number of carbonyl (C=O) groups excluding carboxylic acids is 1. The highest BCUT2D eigenvalue weighted by Gasteiger charge is 2.45. The lowest BCUT2D eigenvalue weighted by molar-refractivity contribution is -0.134. The summed E-state index contributed by atoms with van der Waals surface area (Å²) < 4.78 is 27.3. The van der Waals surface area contributed by atoms with E-state index in [4.69, 9.17) is 10.2 Å². The molecule has 2 aromatic carbocycles. The van der Waals surface area contributed by atoms with Crippen molar-refractivity contribution in [3.05, 3.63) is 77.9 Å². The van der Waals surface area contributed by atoms with Crippen molar-refractivity contribution in [3.63, 3.8) is 0 Å². The Labute approximate surface area is 198 Å². The van der Waals surface area contributed by atoms with Crippen molar-refractivity contribution in [2.75, 3.05) is 19.6 Å². The number of fused-ring (bicyclic) bond motifs is 1. The number of likely N-dealkylation sites (tertiary alicyclic amines) is 1. The molecule has 0 radical (unpaired) electrons. The van der Waals surface area contributed by atoms with Gasteiger partial charge in [-0.15, -0.1) is 0 Å². The molecule has 180 valence electrons. The first-order valence-electron chi connectivity index (χ1n) is 10.8. The summed E-state index contributed by atoms with van der Waals surface area (Å²) in [6.45, 7) is 2.88. The summed E-state index contributed by atoms with van der Waals surface area (Å²) in [5, 5.41) is 15.6. The Balaban J connectivity index is 0.000000350. The number of aliphatic carboxylic acids is 2. The Morgan fingerprint density at radius 3 is 2.03 bits per heavy atom. The number of nitrogens with zero attached hydrogens (tertiary/aromatic N) is 2. The summed E-state index contributed by atoms with van der Waals surface area (Å²) in [6.07, 6.45) is 4.08. The second kappa shape index (κ2) is 11.1. The highest BCUT2D eigenvalue weighted by molar-refractivity contribution is 7.90. The lowest BCUT2D eigenvalue weighted by Crippen LogP contribution is -2.36. The zero-order chi connectivity index (χ0) is 24.7. The molecule has 2 aromatic rings. The summed E-state index contributed by atoms with van der Waals surface area (Å²) >= 11 is 0. The van der Waals surface area contributed by atoms with E-state index in [9.17, 15) is 22.8 Å². The van der Waals surface area contributed by atoms with Crippen molar-refractivity contribution in [1.82, 2.24) is 9.21 Å². The number of hydrogen-bond donors (Lipinski definition) is 2. The molecule has 10 heteroatoms. The van der Waals surface area contributed by atoms with Gasteiger partial charge < -0.3 is 15.1 Å². The molecule has 1 amide bonds. The minimum Gasteiger partial charge on any atom is -0.478 e. The summed E-state index contributed by atoms with van der Waals surface area (Å²) in [5.41, 5.74) is 1.13. The van der Waals surface area contributed by atoms with Crippen LogP contribution < -0.4 is 0 Å². The molecule has 0 bridgehead atoms. The van der Waals surface area contributed by atoms with E-state index in [2.05, 4.69) is 4.90 Å². The molecule has 2 aliphatic heterocycles. The number of rotatable bonds is 7. The maximum Gasteiger partial charge on any atom is 0.328 e. The predicted octanol–water partition coefficient (Wildman–Crippen LogP) is 2.77. The molecular formula is C24H26N2O7S. The van der Waals surface area contributed by atoms with Crippen molar-refractivity contribution in [2.24, 2.45) is 0 Å². The molecule has 0 saturated carbocycles. The lowest BCUT2D eigenvalue weighted by atomic mass is 10.0. The fourth-order valence-corrected chi connectivity index (χ4v) is 5.83. The van der Waals surface area contributed by atoms with E-state index in [1.54, 1.807) is 18.2 Å². The smallest absolute Gasteiger partial charge is 0.328 e. The van der Waals surface area contributed by atoms with Crippen molar-refractivity contribution < 1.29 is 33.0 Å². The van der Waals surface area contributed by atoms with Gasteiger partial charge in [0.05, 0.1) is 11.6 Å². The van der Waals surface area contributed by atoms with E-state index in [1.807, 2.05) is 30.3 Å². The average Bonchev–Trinajstić information content (AvgIpc) is 3.40. The highest BCUT2D eigenvalue weighted by Crippen LogP contribution is 2.38. The van der Waals surface area contributed by atoms with Gasteiger partial charge in [0, 0.05) is 18.7 Å². The maximum atomic E-state index is 13.1. The molecule has 1 fully saturated rings. The molecule has 2 aliphatic rings. The number of amides is 1. The lowest BCUT2D eigenvalue weighted by Gasteiger charge is -2.29. The van der Waals surface area contributed by atoms with E-state index in [-0.39, 0.29) is 10.5 Å². The van der Waals surface area contributed by atoms with Crippen LogP contribution in [0.15, 0.2) is 71.6 Å². The van der Waals surface area contributed by atoms with Crippen LogP contribution in [-0.2, 0) is 19.6 Å². The van der Waals surface area contributed by atoms with E-state index < -0.39 is 33.9 Å². The molecule has 1 atom stereocenters. The van der Waals surface area contributed by atoms with Gasteiger partial charge >= 0.3 is 11.9 Å². The zero-order valence-corrected chi connectivity index (χ0v) is 19.2. The third-order valence-corrected chi connectivity index (χ3v) is 7.46. The Kier molecular flexibility index (Phi) is 8.19. The molecule has 2 heterocycles. The summed E-state index contributed by atoms with van der Waals surface area (Å²) in [5.74, 6) is -2.93. The second-order valence-corrected chi connectivity index (χ2v) is 9.66. The van der Waals surface area contributed by atoms with Crippen LogP contribution in [0.5, 0.6) is 0 Å². The van der Waals surface area contributed by atoms with E-state index in [1.165, 1.54) is 18.9 Å². The first-order valence-corrected chi connectivity index (χ1v) is 12.2. The predicted molar refractivity (Wildman–Crippen MR) is 124 cm³/mol. The molecule has 1 unspecified atom stereocenters. The van der Waals surface area contributed by atoms with Crippen molar-refractivity contribution in [3.8, 4) is 0 Å². The van der Waals surface area contributed by atoms with Gasteiger partial charge in [0.15, 0.2) is 0 Å². The molecular weight excluding hydrogens is 460 g/mol. The topological polar surface area (TPSA) is 132 Å². The number of carbonyl (C=O) groups is 3. The number of hydrogen-bond acceptors (Lipinski definition) is 6. The summed E-state index contributed by atoms with van der Waals surface area (Å²) in [6, 6.07) is 15.5. The summed E-state index contributed by atoms with van der Waals surface area (Å²) in [4.78, 5) is 34.5. The first-order chi connectivity index (χ1) is 16.2. The van der Waals surface area contributed by atoms with Gasteiger partial charge in [-0.1, -0.05) is 42.5 Å². The average molecular weight is 487 g/mol. The van der Waals surface area contributed by atoms with E-state index in [0.29, 0.717) is 18.6 Å². The SMILES string of the molecule is O=C(O)C=CC(=O)O.O=C1c2ccccc2S(=O)(=O)N1C(CCN1CCCC1)c1ccccc1. The number of sulfonamides is 1. The Bertz CT molecular complexity index is 1160. The molecule has 4 rings (SSSR count). The van der Waals surface area contributed by atoms with Gasteiger partial charge in [-0.2, -0.15) is 0 Å².